The zero-order valence-electron chi connectivity index (χ0n) is 15.0. The van der Waals surface area contributed by atoms with E-state index in [9.17, 15) is 14.7 Å². The number of carbonyl (C=O) groups excluding carboxylic acids is 1. The van der Waals surface area contributed by atoms with Crippen LogP contribution in [0.3, 0.4) is 0 Å². The number of carboxylic acid groups (broad SMARTS) is 1. The van der Waals surface area contributed by atoms with Crippen LogP contribution in [0.2, 0.25) is 0 Å². The molecule has 6 nitrogen and oxygen atoms in total. The molecule has 26 heavy (non-hydrogen) atoms. The van der Waals surface area contributed by atoms with Crippen LogP contribution in [0.15, 0.2) is 36.4 Å². The molecule has 2 aromatic carbocycles. The number of aryl methyl sites for hydroxylation is 3. The molecule has 1 amide bonds. The topological polar surface area (TPSA) is 107 Å². The summed E-state index contributed by atoms with van der Waals surface area (Å²) in [5.41, 5.74) is 4.10. The third kappa shape index (κ3) is 4.71. The molecule has 7 heteroatoms. The van der Waals surface area contributed by atoms with Gasteiger partial charge >= 0.3 is 13.1 Å². The number of hydrogen-bond donors (Lipinski definition) is 4. The van der Waals surface area contributed by atoms with Crippen molar-refractivity contribution in [2.75, 3.05) is 0 Å². The lowest BCUT2D eigenvalue weighted by Gasteiger charge is -2.17. The van der Waals surface area contributed by atoms with E-state index >= 15 is 0 Å². The third-order valence-corrected chi connectivity index (χ3v) is 4.23. The highest BCUT2D eigenvalue weighted by molar-refractivity contribution is 6.58. The maximum absolute atomic E-state index is 12.6. The SMILES string of the molecule is Cc1cc(C)c(C(=O)NC(Cc2ccc(B(O)O)cc2)C(=O)O)c(C)c1. The molecule has 2 aromatic rings. The molecule has 1 unspecified atom stereocenters. The van der Waals surface area contributed by atoms with Gasteiger partial charge in [-0.05, 0) is 42.9 Å². The molecule has 2 rings (SSSR count). The third-order valence-electron chi connectivity index (χ3n) is 4.23. The quantitative estimate of drug-likeness (QED) is 0.571. The number of benzene rings is 2. The zero-order chi connectivity index (χ0) is 19.4. The van der Waals surface area contributed by atoms with Crippen molar-refractivity contribution in [3.8, 4) is 0 Å². The maximum atomic E-state index is 12.6. The minimum absolute atomic E-state index is 0.0901. The average Bonchev–Trinajstić information content (AvgIpc) is 2.53. The number of nitrogens with one attached hydrogen (secondary N) is 1. The Balaban J connectivity index is 2.18. The van der Waals surface area contributed by atoms with E-state index in [4.69, 9.17) is 10.0 Å². The van der Waals surface area contributed by atoms with Crippen molar-refractivity contribution in [1.29, 1.82) is 0 Å². The first kappa shape index (κ1) is 19.7. The predicted octanol–water partition coefficient (Wildman–Crippen LogP) is 0.717. The molecule has 136 valence electrons. The summed E-state index contributed by atoms with van der Waals surface area (Å²) >= 11 is 0. The fourth-order valence-corrected chi connectivity index (χ4v) is 3.03. The molecular formula is C19H22BNO5. The summed E-state index contributed by atoms with van der Waals surface area (Å²) in [5.74, 6) is -1.55. The van der Waals surface area contributed by atoms with Crippen LogP contribution in [0.25, 0.3) is 0 Å². The lowest BCUT2D eigenvalue weighted by atomic mass is 9.80. The molecule has 0 saturated carbocycles. The Morgan fingerprint density at radius 2 is 1.58 bits per heavy atom. The van der Waals surface area contributed by atoms with Crippen molar-refractivity contribution in [2.45, 2.75) is 33.2 Å². The number of rotatable bonds is 6. The van der Waals surface area contributed by atoms with E-state index in [0.29, 0.717) is 16.6 Å². The first-order valence-electron chi connectivity index (χ1n) is 8.25. The summed E-state index contributed by atoms with van der Waals surface area (Å²) < 4.78 is 0. The van der Waals surface area contributed by atoms with E-state index in [2.05, 4.69) is 5.32 Å². The lowest BCUT2D eigenvalue weighted by Crippen LogP contribution is -2.42. The predicted molar refractivity (Wildman–Crippen MR) is 99.5 cm³/mol. The summed E-state index contributed by atoms with van der Waals surface area (Å²) in [6.45, 7) is 5.59. The second-order valence-corrected chi connectivity index (χ2v) is 6.46. The van der Waals surface area contributed by atoms with Crippen LogP contribution in [-0.2, 0) is 11.2 Å². The van der Waals surface area contributed by atoms with Crippen molar-refractivity contribution in [1.82, 2.24) is 5.32 Å². The van der Waals surface area contributed by atoms with Gasteiger partial charge in [0.05, 0.1) is 0 Å². The fraction of sp³-hybridized carbons (Fsp3) is 0.263. The molecule has 0 fully saturated rings. The molecule has 0 aliphatic carbocycles. The van der Waals surface area contributed by atoms with Gasteiger partial charge in [0.1, 0.15) is 6.04 Å². The van der Waals surface area contributed by atoms with E-state index in [1.807, 2.05) is 32.9 Å². The number of hydrogen-bond acceptors (Lipinski definition) is 4. The first-order chi connectivity index (χ1) is 12.2. The normalized spacial score (nSPS) is 11.7. The van der Waals surface area contributed by atoms with Crippen molar-refractivity contribution in [2.24, 2.45) is 0 Å². The Morgan fingerprint density at radius 3 is 2.04 bits per heavy atom. The summed E-state index contributed by atoms with van der Waals surface area (Å²) in [5, 5.41) is 30.3. The van der Waals surface area contributed by atoms with E-state index in [1.165, 1.54) is 12.1 Å². The molecule has 0 bridgehead atoms. The number of aliphatic carboxylic acids is 1. The van der Waals surface area contributed by atoms with Crippen molar-refractivity contribution in [3.05, 3.63) is 64.2 Å². The summed E-state index contributed by atoms with van der Waals surface area (Å²) in [7, 11) is -1.58. The largest absolute Gasteiger partial charge is 0.488 e. The molecular weight excluding hydrogens is 333 g/mol. The van der Waals surface area contributed by atoms with Gasteiger partial charge in [-0.1, -0.05) is 42.0 Å². The van der Waals surface area contributed by atoms with Crippen molar-refractivity contribution in [3.63, 3.8) is 0 Å². The molecule has 0 aliphatic rings. The highest BCUT2D eigenvalue weighted by Crippen LogP contribution is 2.16. The van der Waals surface area contributed by atoms with Crippen LogP contribution >= 0.6 is 0 Å². The molecule has 1 atom stereocenters. The standard InChI is InChI=1S/C19H22BNO5/c1-11-8-12(2)17(13(3)9-11)18(22)21-16(19(23)24)10-14-4-6-15(7-5-14)20(25)26/h4-9,16,25-26H,10H2,1-3H3,(H,21,22)(H,23,24). The van der Waals surface area contributed by atoms with Crippen LogP contribution in [0.4, 0.5) is 0 Å². The van der Waals surface area contributed by atoms with Gasteiger partial charge in [-0.15, -0.1) is 0 Å². The summed E-state index contributed by atoms with van der Waals surface area (Å²) in [6, 6.07) is 8.92. The van der Waals surface area contributed by atoms with Crippen molar-refractivity contribution >= 4 is 24.5 Å². The van der Waals surface area contributed by atoms with Gasteiger partial charge in [0.2, 0.25) is 0 Å². The molecule has 0 aliphatic heterocycles. The van der Waals surface area contributed by atoms with E-state index < -0.39 is 25.0 Å². The average molecular weight is 355 g/mol. The van der Waals surface area contributed by atoms with Crippen molar-refractivity contribution < 1.29 is 24.7 Å². The van der Waals surface area contributed by atoms with Crippen LogP contribution < -0.4 is 10.8 Å². The number of carbonyl (C=O) groups is 2. The van der Waals surface area contributed by atoms with Gasteiger partial charge in [-0.25, -0.2) is 4.79 Å². The molecule has 0 saturated heterocycles. The second kappa shape index (κ2) is 8.16. The highest BCUT2D eigenvalue weighted by Gasteiger charge is 2.23. The Hall–Kier alpha value is -2.64. The molecule has 0 aromatic heterocycles. The monoisotopic (exact) mass is 355 g/mol. The minimum atomic E-state index is -1.58. The van der Waals surface area contributed by atoms with E-state index in [-0.39, 0.29) is 6.42 Å². The number of carboxylic acids is 1. The van der Waals surface area contributed by atoms with Gasteiger partial charge in [0.25, 0.3) is 5.91 Å². The van der Waals surface area contributed by atoms with Crippen LogP contribution in [0, 0.1) is 20.8 Å². The Bertz CT molecular complexity index is 794. The summed E-state index contributed by atoms with van der Waals surface area (Å²) in [4.78, 5) is 24.2. The summed E-state index contributed by atoms with van der Waals surface area (Å²) in [6.07, 6.45) is 0.0901. The lowest BCUT2D eigenvalue weighted by molar-refractivity contribution is -0.139. The van der Waals surface area contributed by atoms with Crippen LogP contribution in [0.1, 0.15) is 32.6 Å². The Labute approximate surface area is 152 Å². The Kier molecular flexibility index (Phi) is 6.18. The van der Waals surface area contributed by atoms with Gasteiger partial charge in [-0.3, -0.25) is 4.79 Å². The Morgan fingerprint density at radius 1 is 1.04 bits per heavy atom. The van der Waals surface area contributed by atoms with Crippen LogP contribution in [0.5, 0.6) is 0 Å². The molecule has 0 radical (unpaired) electrons. The van der Waals surface area contributed by atoms with E-state index in [1.54, 1.807) is 12.1 Å². The zero-order valence-corrected chi connectivity index (χ0v) is 15.0. The molecule has 0 spiro atoms. The number of amides is 1. The van der Waals surface area contributed by atoms with Gasteiger partial charge < -0.3 is 20.5 Å². The van der Waals surface area contributed by atoms with Gasteiger partial charge in [0.15, 0.2) is 0 Å². The van der Waals surface area contributed by atoms with Gasteiger partial charge in [-0.2, -0.15) is 0 Å². The molecule has 4 N–H and O–H groups in total. The smallest absolute Gasteiger partial charge is 0.480 e. The first-order valence-corrected chi connectivity index (χ1v) is 8.25. The molecule has 0 heterocycles. The maximum Gasteiger partial charge on any atom is 0.488 e. The minimum Gasteiger partial charge on any atom is -0.480 e. The van der Waals surface area contributed by atoms with E-state index in [0.717, 1.165) is 16.7 Å². The highest BCUT2D eigenvalue weighted by atomic mass is 16.4. The fourth-order valence-electron chi connectivity index (χ4n) is 3.03. The van der Waals surface area contributed by atoms with Crippen LogP contribution in [-0.4, -0.2) is 40.2 Å². The van der Waals surface area contributed by atoms with Gasteiger partial charge in [0, 0.05) is 12.0 Å². The second-order valence-electron chi connectivity index (χ2n) is 6.46.